The molecule has 2 N–H and O–H groups in total. The van der Waals surface area contributed by atoms with Crippen molar-refractivity contribution >= 4 is 21.9 Å². The van der Waals surface area contributed by atoms with Crippen LogP contribution < -0.4 is 0 Å². The molecule has 0 bridgehead atoms. The lowest BCUT2D eigenvalue weighted by Gasteiger charge is -2.00. The maximum Gasteiger partial charge on any atom is 0.159 e. The third-order valence-electron chi connectivity index (χ3n) is 4.88. The number of hydrogen-bond acceptors (Lipinski definition) is 7. The molecule has 0 saturated heterocycles. The molecule has 0 radical (unpaired) electrons. The van der Waals surface area contributed by atoms with Crippen molar-refractivity contribution in [1.82, 2.24) is 45.1 Å². The van der Waals surface area contributed by atoms with Gasteiger partial charge in [-0.1, -0.05) is 0 Å². The number of rotatable bonds is 3. The predicted octanol–water partition coefficient (Wildman–Crippen LogP) is 3.42. The Labute approximate surface area is 169 Å². The van der Waals surface area contributed by atoms with Gasteiger partial charge in [-0.05, 0) is 23.8 Å². The third-order valence-corrected chi connectivity index (χ3v) is 4.88. The SMILES string of the molecule is c1cc(-c2cncc3[nH]c(-c4n[nH]c5cnc(-c6cnccn6)cc45)nc23)ccn1. The van der Waals surface area contributed by atoms with Crippen LogP contribution in [0.5, 0.6) is 0 Å². The summed E-state index contributed by atoms with van der Waals surface area (Å²) in [4.78, 5) is 29.5. The highest BCUT2D eigenvalue weighted by atomic mass is 15.1. The van der Waals surface area contributed by atoms with Crippen molar-refractivity contribution in [3.63, 3.8) is 0 Å². The van der Waals surface area contributed by atoms with Gasteiger partial charge in [-0.3, -0.25) is 30.0 Å². The number of nitrogens with zero attached hydrogens (tertiary/aromatic N) is 7. The Kier molecular flexibility index (Phi) is 3.57. The van der Waals surface area contributed by atoms with Gasteiger partial charge in [0.1, 0.15) is 11.4 Å². The highest BCUT2D eigenvalue weighted by molar-refractivity contribution is 5.97. The monoisotopic (exact) mass is 391 g/mol. The lowest BCUT2D eigenvalue weighted by molar-refractivity contribution is 1.10. The van der Waals surface area contributed by atoms with Crippen molar-refractivity contribution < 1.29 is 0 Å². The largest absolute Gasteiger partial charge is 0.335 e. The van der Waals surface area contributed by atoms with Crippen molar-refractivity contribution in [2.24, 2.45) is 0 Å². The second kappa shape index (κ2) is 6.52. The van der Waals surface area contributed by atoms with Crippen LogP contribution in [-0.2, 0) is 0 Å². The maximum absolute atomic E-state index is 4.84. The number of hydrogen-bond donors (Lipinski definition) is 2. The molecule has 0 saturated carbocycles. The van der Waals surface area contributed by atoms with Gasteiger partial charge >= 0.3 is 0 Å². The summed E-state index contributed by atoms with van der Waals surface area (Å²) < 4.78 is 0. The maximum atomic E-state index is 4.84. The van der Waals surface area contributed by atoms with Gasteiger partial charge in [-0.2, -0.15) is 5.10 Å². The summed E-state index contributed by atoms with van der Waals surface area (Å²) in [6.45, 7) is 0. The first kappa shape index (κ1) is 16.4. The van der Waals surface area contributed by atoms with Gasteiger partial charge in [-0.25, -0.2) is 4.98 Å². The molecule has 0 unspecified atom stereocenters. The fraction of sp³-hybridized carbons (Fsp3) is 0. The fourth-order valence-corrected chi connectivity index (χ4v) is 3.46. The molecular formula is C21H13N9. The number of aromatic nitrogens is 9. The Morgan fingerprint density at radius 3 is 2.53 bits per heavy atom. The second-order valence-electron chi connectivity index (χ2n) is 6.68. The van der Waals surface area contributed by atoms with Crippen LogP contribution in [0.4, 0.5) is 0 Å². The van der Waals surface area contributed by atoms with E-state index in [2.05, 4.69) is 40.1 Å². The molecule has 0 aromatic carbocycles. The first-order valence-corrected chi connectivity index (χ1v) is 9.22. The molecule has 0 amide bonds. The molecule has 6 rings (SSSR count). The van der Waals surface area contributed by atoms with E-state index >= 15 is 0 Å². The molecule has 0 aliphatic heterocycles. The van der Waals surface area contributed by atoms with Crippen LogP contribution in [0.2, 0.25) is 0 Å². The summed E-state index contributed by atoms with van der Waals surface area (Å²) in [7, 11) is 0. The molecule has 9 heteroatoms. The first-order chi connectivity index (χ1) is 14.9. The summed E-state index contributed by atoms with van der Waals surface area (Å²) in [5.41, 5.74) is 6.51. The molecule has 0 aliphatic carbocycles. The number of imidazole rings is 1. The molecule has 30 heavy (non-hydrogen) atoms. The fourth-order valence-electron chi connectivity index (χ4n) is 3.46. The van der Waals surface area contributed by atoms with E-state index in [1.807, 2.05) is 18.2 Å². The molecule has 0 fully saturated rings. The molecule has 142 valence electrons. The van der Waals surface area contributed by atoms with E-state index in [0.29, 0.717) is 22.9 Å². The Morgan fingerprint density at radius 1 is 0.733 bits per heavy atom. The minimum atomic E-state index is 0.649. The van der Waals surface area contributed by atoms with Crippen LogP contribution in [0.3, 0.4) is 0 Å². The van der Waals surface area contributed by atoms with Crippen molar-refractivity contribution in [1.29, 1.82) is 0 Å². The quantitative estimate of drug-likeness (QED) is 0.474. The molecule has 0 aliphatic rings. The van der Waals surface area contributed by atoms with Gasteiger partial charge in [0.15, 0.2) is 5.82 Å². The Morgan fingerprint density at radius 2 is 1.67 bits per heavy atom. The average Bonchev–Trinajstić information content (AvgIpc) is 3.43. The minimum Gasteiger partial charge on any atom is -0.335 e. The number of fused-ring (bicyclic) bond motifs is 2. The van der Waals surface area contributed by atoms with Gasteiger partial charge in [0.25, 0.3) is 0 Å². The van der Waals surface area contributed by atoms with Crippen molar-refractivity contribution in [3.05, 3.63) is 67.8 Å². The molecule has 9 nitrogen and oxygen atoms in total. The molecule has 6 aromatic heterocycles. The Balaban J connectivity index is 1.52. The molecule has 6 aromatic rings. The average molecular weight is 391 g/mol. The zero-order valence-corrected chi connectivity index (χ0v) is 15.5. The topological polar surface area (TPSA) is 122 Å². The Bertz CT molecular complexity index is 1490. The van der Waals surface area contributed by atoms with Crippen molar-refractivity contribution in [2.75, 3.05) is 0 Å². The summed E-state index contributed by atoms with van der Waals surface area (Å²) in [6.07, 6.45) is 13.8. The van der Waals surface area contributed by atoms with Crippen LogP contribution in [0.25, 0.3) is 56.0 Å². The normalized spacial score (nSPS) is 11.3. The van der Waals surface area contributed by atoms with Crippen LogP contribution in [0, 0.1) is 0 Å². The smallest absolute Gasteiger partial charge is 0.159 e. The van der Waals surface area contributed by atoms with E-state index < -0.39 is 0 Å². The highest BCUT2D eigenvalue weighted by Crippen LogP contribution is 2.31. The van der Waals surface area contributed by atoms with E-state index in [-0.39, 0.29) is 0 Å². The number of nitrogens with one attached hydrogen (secondary N) is 2. The van der Waals surface area contributed by atoms with Crippen molar-refractivity contribution in [3.8, 4) is 34.0 Å². The van der Waals surface area contributed by atoms with E-state index in [1.165, 1.54) is 0 Å². The first-order valence-electron chi connectivity index (χ1n) is 9.22. The Hall–Kier alpha value is -4.53. The van der Waals surface area contributed by atoms with Crippen LogP contribution in [0.1, 0.15) is 0 Å². The van der Waals surface area contributed by atoms with Crippen LogP contribution >= 0.6 is 0 Å². The molecule has 6 heterocycles. The van der Waals surface area contributed by atoms with E-state index in [9.17, 15) is 0 Å². The lowest BCUT2D eigenvalue weighted by Crippen LogP contribution is -1.88. The van der Waals surface area contributed by atoms with Crippen LogP contribution in [-0.4, -0.2) is 45.1 Å². The van der Waals surface area contributed by atoms with Crippen LogP contribution in [0.15, 0.2) is 67.8 Å². The zero-order chi connectivity index (χ0) is 19.9. The summed E-state index contributed by atoms with van der Waals surface area (Å²) in [5.74, 6) is 0.649. The van der Waals surface area contributed by atoms with Crippen molar-refractivity contribution in [2.45, 2.75) is 0 Å². The molecule has 0 atom stereocenters. The van der Waals surface area contributed by atoms with Gasteiger partial charge < -0.3 is 4.98 Å². The highest BCUT2D eigenvalue weighted by Gasteiger charge is 2.16. The van der Waals surface area contributed by atoms with Gasteiger partial charge in [0, 0.05) is 41.9 Å². The number of H-pyrrole nitrogens is 2. The predicted molar refractivity (Wildman–Crippen MR) is 111 cm³/mol. The summed E-state index contributed by atoms with van der Waals surface area (Å²) >= 11 is 0. The lowest BCUT2D eigenvalue weighted by atomic mass is 10.1. The third kappa shape index (κ3) is 2.60. The molecular weight excluding hydrogens is 378 g/mol. The molecule has 0 spiro atoms. The second-order valence-corrected chi connectivity index (χ2v) is 6.68. The minimum absolute atomic E-state index is 0.649. The van der Waals surface area contributed by atoms with E-state index in [4.69, 9.17) is 4.98 Å². The number of aromatic amines is 2. The number of pyridine rings is 3. The van der Waals surface area contributed by atoms with E-state index in [0.717, 1.165) is 33.1 Å². The van der Waals surface area contributed by atoms with E-state index in [1.54, 1.807) is 49.6 Å². The standard InChI is InChI=1S/C21H13N9/c1-3-22-4-2-12(1)14-8-24-10-18-19(14)28-21(27-18)20-13-7-15(17-9-23-5-6-25-17)26-11-16(13)29-30-20/h1-11H,(H,27,28)(H,29,30). The zero-order valence-electron chi connectivity index (χ0n) is 15.5. The van der Waals surface area contributed by atoms with Gasteiger partial charge in [0.05, 0.1) is 40.8 Å². The van der Waals surface area contributed by atoms with Gasteiger partial charge in [-0.15, -0.1) is 0 Å². The van der Waals surface area contributed by atoms with Gasteiger partial charge in [0.2, 0.25) is 0 Å². The summed E-state index contributed by atoms with van der Waals surface area (Å²) in [5, 5.41) is 8.39. The summed E-state index contributed by atoms with van der Waals surface area (Å²) in [6, 6.07) is 5.81.